The van der Waals surface area contributed by atoms with Crippen LogP contribution in [0, 0.1) is 0 Å². The average Bonchev–Trinajstić information content (AvgIpc) is 2.89. The smallest absolute Gasteiger partial charge is 0.299 e. The Morgan fingerprint density at radius 2 is 1.96 bits per heavy atom. The summed E-state index contributed by atoms with van der Waals surface area (Å²) in [7, 11) is 5.01. The molecule has 118 valence electrons. The molecular formula is C15H14N4O3S. The number of aromatic nitrogens is 3. The van der Waals surface area contributed by atoms with Gasteiger partial charge in [-0.1, -0.05) is 11.3 Å². The second-order valence-electron chi connectivity index (χ2n) is 4.63. The number of amides is 1. The predicted molar refractivity (Wildman–Crippen MR) is 85.8 cm³/mol. The average molecular weight is 330 g/mol. The minimum absolute atomic E-state index is 0.208. The van der Waals surface area contributed by atoms with Gasteiger partial charge in [-0.25, -0.2) is 4.98 Å². The number of hydrogen-bond acceptors (Lipinski definition) is 6. The molecule has 1 amide bonds. The van der Waals surface area contributed by atoms with Crippen LogP contribution < -0.4 is 14.3 Å². The fraction of sp³-hybridized carbons (Fsp3) is 0.200. The zero-order chi connectivity index (χ0) is 16.4. The fourth-order valence-corrected chi connectivity index (χ4v) is 3.14. The molecule has 3 aromatic rings. The molecule has 1 aromatic carbocycles. The van der Waals surface area contributed by atoms with Crippen LogP contribution in [0.25, 0.3) is 10.2 Å². The molecule has 7 nitrogen and oxygen atoms in total. The van der Waals surface area contributed by atoms with Crippen molar-refractivity contribution in [1.82, 2.24) is 14.5 Å². The van der Waals surface area contributed by atoms with Crippen molar-refractivity contribution >= 4 is 27.5 Å². The van der Waals surface area contributed by atoms with Gasteiger partial charge in [0, 0.05) is 31.6 Å². The SMILES string of the molecule is COc1cc2sc(=NC(=O)c3cnccn3)n(C)c2cc1OC. The Labute approximate surface area is 135 Å². The van der Waals surface area contributed by atoms with Crippen molar-refractivity contribution in [3.05, 3.63) is 41.2 Å². The molecule has 3 rings (SSSR count). The van der Waals surface area contributed by atoms with Crippen LogP contribution in [-0.2, 0) is 7.05 Å². The first-order valence-corrected chi connectivity index (χ1v) is 7.52. The highest BCUT2D eigenvalue weighted by atomic mass is 32.1. The molecule has 8 heteroatoms. The van der Waals surface area contributed by atoms with Gasteiger partial charge in [0.25, 0.3) is 5.91 Å². The van der Waals surface area contributed by atoms with E-state index in [0.29, 0.717) is 16.3 Å². The van der Waals surface area contributed by atoms with Gasteiger partial charge in [0.2, 0.25) is 0 Å². The van der Waals surface area contributed by atoms with E-state index in [9.17, 15) is 4.79 Å². The molecule has 23 heavy (non-hydrogen) atoms. The first kappa shape index (κ1) is 15.2. The van der Waals surface area contributed by atoms with Gasteiger partial charge < -0.3 is 14.0 Å². The lowest BCUT2D eigenvalue weighted by Crippen LogP contribution is -2.14. The third-order valence-corrected chi connectivity index (χ3v) is 4.39. The number of ether oxygens (including phenoxy) is 2. The number of benzene rings is 1. The number of nitrogens with zero attached hydrogens (tertiary/aromatic N) is 4. The predicted octanol–water partition coefficient (Wildman–Crippen LogP) is 1.79. The van der Waals surface area contributed by atoms with E-state index in [0.717, 1.165) is 10.2 Å². The molecule has 0 aliphatic rings. The van der Waals surface area contributed by atoms with E-state index in [4.69, 9.17) is 9.47 Å². The van der Waals surface area contributed by atoms with Crippen LogP contribution in [0.2, 0.25) is 0 Å². The van der Waals surface area contributed by atoms with E-state index in [1.54, 1.807) is 14.2 Å². The minimum Gasteiger partial charge on any atom is -0.493 e. The fourth-order valence-electron chi connectivity index (χ4n) is 2.11. The van der Waals surface area contributed by atoms with Crippen molar-refractivity contribution in [3.63, 3.8) is 0 Å². The molecule has 0 N–H and O–H groups in total. The number of aryl methyl sites for hydroxylation is 1. The molecule has 0 aliphatic carbocycles. The first-order chi connectivity index (χ1) is 11.1. The normalized spacial score (nSPS) is 11.7. The van der Waals surface area contributed by atoms with Crippen molar-refractivity contribution in [2.45, 2.75) is 0 Å². The molecule has 0 unspecified atom stereocenters. The molecule has 0 bridgehead atoms. The third kappa shape index (κ3) is 2.80. The number of methoxy groups -OCH3 is 2. The number of rotatable bonds is 3. The number of fused-ring (bicyclic) bond motifs is 1. The Balaban J connectivity index is 2.13. The first-order valence-electron chi connectivity index (χ1n) is 6.70. The second kappa shape index (κ2) is 6.17. The van der Waals surface area contributed by atoms with Crippen LogP contribution >= 0.6 is 11.3 Å². The lowest BCUT2D eigenvalue weighted by atomic mass is 10.3. The Morgan fingerprint density at radius 3 is 2.61 bits per heavy atom. The number of carbonyl (C=O) groups excluding carboxylic acids is 1. The van der Waals surface area contributed by atoms with Gasteiger partial charge in [-0.2, -0.15) is 4.99 Å². The summed E-state index contributed by atoms with van der Waals surface area (Å²) in [5, 5.41) is 0. The largest absolute Gasteiger partial charge is 0.493 e. The minimum atomic E-state index is -0.431. The zero-order valence-electron chi connectivity index (χ0n) is 12.8. The van der Waals surface area contributed by atoms with Gasteiger partial charge in [0.05, 0.1) is 30.6 Å². The number of carbonyl (C=O) groups is 1. The maximum absolute atomic E-state index is 12.2. The van der Waals surface area contributed by atoms with E-state index < -0.39 is 5.91 Å². The van der Waals surface area contributed by atoms with E-state index in [1.165, 1.54) is 29.9 Å². The Kier molecular flexibility index (Phi) is 4.07. The van der Waals surface area contributed by atoms with E-state index >= 15 is 0 Å². The Morgan fingerprint density at radius 1 is 1.22 bits per heavy atom. The third-order valence-electron chi connectivity index (χ3n) is 3.29. The van der Waals surface area contributed by atoms with Crippen LogP contribution in [0.1, 0.15) is 10.5 Å². The lowest BCUT2D eigenvalue weighted by Gasteiger charge is -2.07. The molecule has 0 spiro atoms. The second-order valence-corrected chi connectivity index (χ2v) is 5.64. The maximum Gasteiger partial charge on any atom is 0.299 e. The quantitative estimate of drug-likeness (QED) is 0.731. The van der Waals surface area contributed by atoms with Gasteiger partial charge in [-0.3, -0.25) is 9.78 Å². The number of hydrogen-bond donors (Lipinski definition) is 0. The summed E-state index contributed by atoms with van der Waals surface area (Å²) in [6, 6.07) is 3.72. The van der Waals surface area contributed by atoms with Crippen LogP contribution in [0.4, 0.5) is 0 Å². The summed E-state index contributed by atoms with van der Waals surface area (Å²) in [6.45, 7) is 0. The highest BCUT2D eigenvalue weighted by Crippen LogP contribution is 2.32. The molecule has 0 atom stereocenters. The van der Waals surface area contributed by atoms with Crippen LogP contribution in [0.3, 0.4) is 0 Å². The van der Waals surface area contributed by atoms with Gasteiger partial charge in [0.1, 0.15) is 5.69 Å². The monoisotopic (exact) mass is 330 g/mol. The molecule has 2 heterocycles. The van der Waals surface area contributed by atoms with Crippen molar-refractivity contribution in [1.29, 1.82) is 0 Å². The highest BCUT2D eigenvalue weighted by Gasteiger charge is 2.12. The Bertz CT molecular complexity index is 931. The topological polar surface area (TPSA) is 78.6 Å². The summed E-state index contributed by atoms with van der Waals surface area (Å²) >= 11 is 1.39. The van der Waals surface area contributed by atoms with Crippen LogP contribution in [0.5, 0.6) is 11.5 Å². The summed E-state index contributed by atoms with van der Waals surface area (Å²) in [4.78, 5) is 24.7. The lowest BCUT2D eigenvalue weighted by molar-refractivity contribution is 0.0993. The molecular weight excluding hydrogens is 316 g/mol. The van der Waals surface area contributed by atoms with Crippen molar-refractivity contribution in [2.24, 2.45) is 12.0 Å². The van der Waals surface area contributed by atoms with Gasteiger partial charge in [-0.05, 0) is 0 Å². The zero-order valence-corrected chi connectivity index (χ0v) is 13.6. The van der Waals surface area contributed by atoms with Gasteiger partial charge in [0.15, 0.2) is 16.3 Å². The summed E-state index contributed by atoms with van der Waals surface area (Å²) < 4.78 is 13.4. The molecule has 0 saturated carbocycles. The molecule has 0 saturated heterocycles. The maximum atomic E-state index is 12.2. The standard InChI is InChI=1S/C15H14N4O3S/c1-19-10-6-11(21-2)12(22-3)7-13(10)23-15(19)18-14(20)9-8-16-4-5-17-9/h4-8H,1-3H3. The molecule has 0 fully saturated rings. The van der Waals surface area contributed by atoms with Gasteiger partial charge >= 0.3 is 0 Å². The summed E-state index contributed by atoms with van der Waals surface area (Å²) in [5.74, 6) is 0.827. The Hall–Kier alpha value is -2.74. The van der Waals surface area contributed by atoms with Gasteiger partial charge in [-0.15, -0.1) is 0 Å². The van der Waals surface area contributed by atoms with Crippen molar-refractivity contribution in [3.8, 4) is 11.5 Å². The summed E-state index contributed by atoms with van der Waals surface area (Å²) in [6.07, 6.45) is 4.36. The van der Waals surface area contributed by atoms with E-state index in [1.807, 2.05) is 23.7 Å². The summed E-state index contributed by atoms with van der Waals surface area (Å²) in [5.41, 5.74) is 1.11. The number of thiazole rings is 1. The highest BCUT2D eigenvalue weighted by molar-refractivity contribution is 7.16. The van der Waals surface area contributed by atoms with Crippen LogP contribution in [-0.4, -0.2) is 34.7 Å². The molecule has 0 aliphatic heterocycles. The molecule has 2 aromatic heterocycles. The van der Waals surface area contributed by atoms with Crippen LogP contribution in [0.15, 0.2) is 35.7 Å². The van der Waals surface area contributed by atoms with Crippen molar-refractivity contribution in [2.75, 3.05) is 14.2 Å². The van der Waals surface area contributed by atoms with E-state index in [-0.39, 0.29) is 5.69 Å². The van der Waals surface area contributed by atoms with Crippen molar-refractivity contribution < 1.29 is 14.3 Å². The van der Waals surface area contributed by atoms with E-state index in [2.05, 4.69) is 15.0 Å². The molecule has 0 radical (unpaired) electrons.